The van der Waals surface area contributed by atoms with E-state index >= 15 is 0 Å². The van der Waals surface area contributed by atoms with Crippen molar-refractivity contribution in [1.29, 1.82) is 0 Å². The van der Waals surface area contributed by atoms with Gasteiger partial charge in [-0.25, -0.2) is 0 Å². The lowest BCUT2D eigenvalue weighted by molar-refractivity contribution is -0.252. The molecule has 0 aromatic carbocycles. The van der Waals surface area contributed by atoms with Gasteiger partial charge in [0.15, 0.2) is 0 Å². The van der Waals surface area contributed by atoms with Gasteiger partial charge in [0.2, 0.25) is 0 Å². The predicted octanol–water partition coefficient (Wildman–Crippen LogP) is 7.13. The molecule has 3 heteroatoms. The first-order chi connectivity index (χ1) is 13.6. The molecule has 0 aliphatic heterocycles. The molecule has 8 atom stereocenters. The van der Waals surface area contributed by atoms with E-state index in [1.54, 1.807) is 0 Å². The van der Waals surface area contributed by atoms with Gasteiger partial charge in [0.1, 0.15) is 6.10 Å². The summed E-state index contributed by atoms with van der Waals surface area (Å²) < 4.78 is 13.2. The zero-order valence-electron chi connectivity index (χ0n) is 22.0. The highest BCUT2D eigenvalue weighted by molar-refractivity contribution is 5.69. The number of hydrogen-bond donors (Lipinski definition) is 0. The Kier molecular flexibility index (Phi) is 7.50. The quantitative estimate of drug-likeness (QED) is 0.442. The molecule has 0 bridgehead atoms. The minimum atomic E-state index is -0.224. The SMILES string of the molecule is CCC(=O)OC1C(C)CC(C)(OC2C(C)CC(C(C)C)C(C)C2(C)C)C(C)C1(C)C. The van der Waals surface area contributed by atoms with E-state index < -0.39 is 0 Å². The van der Waals surface area contributed by atoms with E-state index in [4.69, 9.17) is 9.47 Å². The fraction of sp³-hybridized carbons (Fsp3) is 0.963. The normalized spacial score (nSPS) is 43.4. The van der Waals surface area contributed by atoms with Crippen molar-refractivity contribution in [3.63, 3.8) is 0 Å². The van der Waals surface area contributed by atoms with Crippen LogP contribution in [0.1, 0.15) is 102 Å². The van der Waals surface area contributed by atoms with E-state index in [1.165, 1.54) is 6.42 Å². The molecule has 0 aromatic rings. The summed E-state index contributed by atoms with van der Waals surface area (Å²) in [5, 5.41) is 0. The molecule has 0 heterocycles. The topological polar surface area (TPSA) is 35.5 Å². The van der Waals surface area contributed by atoms with Gasteiger partial charge in [0.25, 0.3) is 0 Å². The maximum Gasteiger partial charge on any atom is 0.305 e. The summed E-state index contributed by atoms with van der Waals surface area (Å²) in [5.74, 6) is 3.11. The van der Waals surface area contributed by atoms with Gasteiger partial charge in [-0.05, 0) is 60.7 Å². The van der Waals surface area contributed by atoms with Crippen LogP contribution < -0.4 is 0 Å². The summed E-state index contributed by atoms with van der Waals surface area (Å²) in [6.45, 7) is 27.7. The van der Waals surface area contributed by atoms with Crippen molar-refractivity contribution in [3.05, 3.63) is 0 Å². The maximum absolute atomic E-state index is 12.1. The average Bonchev–Trinajstić information content (AvgIpc) is 2.64. The van der Waals surface area contributed by atoms with Crippen LogP contribution >= 0.6 is 0 Å². The van der Waals surface area contributed by atoms with Gasteiger partial charge in [-0.2, -0.15) is 0 Å². The second-order valence-corrected chi connectivity index (χ2v) is 12.6. The Morgan fingerprint density at radius 3 is 2.00 bits per heavy atom. The van der Waals surface area contributed by atoms with Crippen LogP contribution in [0.15, 0.2) is 0 Å². The van der Waals surface area contributed by atoms with E-state index in [0.29, 0.717) is 24.2 Å². The molecular weight excluding hydrogens is 372 g/mol. The molecule has 0 N–H and O–H groups in total. The van der Waals surface area contributed by atoms with Crippen molar-refractivity contribution in [3.8, 4) is 0 Å². The molecule has 0 spiro atoms. The Morgan fingerprint density at radius 2 is 1.50 bits per heavy atom. The molecule has 3 nitrogen and oxygen atoms in total. The van der Waals surface area contributed by atoms with Crippen molar-refractivity contribution in [1.82, 2.24) is 0 Å². The Hall–Kier alpha value is -0.570. The zero-order chi connectivity index (χ0) is 23.2. The van der Waals surface area contributed by atoms with Crippen LogP contribution in [-0.4, -0.2) is 23.8 Å². The van der Waals surface area contributed by atoms with E-state index in [0.717, 1.165) is 12.3 Å². The third-order valence-electron chi connectivity index (χ3n) is 9.52. The molecule has 8 unspecified atom stereocenters. The van der Waals surface area contributed by atoms with Gasteiger partial charge < -0.3 is 9.47 Å². The Bertz CT molecular complexity index is 607. The second-order valence-electron chi connectivity index (χ2n) is 12.6. The van der Waals surface area contributed by atoms with Crippen molar-refractivity contribution >= 4 is 5.97 Å². The average molecular weight is 423 g/mol. The summed E-state index contributed by atoms with van der Waals surface area (Å²) >= 11 is 0. The van der Waals surface area contributed by atoms with Gasteiger partial charge in [0.05, 0.1) is 11.7 Å². The first-order valence-corrected chi connectivity index (χ1v) is 12.5. The standard InChI is InChI=1S/C27H50O3/c1-13-22(28)29-23-18(5)15-27(12,20(7)26(23,10)11)30-24-17(4)14-21(16(2)3)19(6)25(24,8)9/h16-21,23-24H,13-15H2,1-12H3. The second kappa shape index (κ2) is 8.75. The highest BCUT2D eigenvalue weighted by atomic mass is 16.5. The largest absolute Gasteiger partial charge is 0.461 e. The third-order valence-corrected chi connectivity index (χ3v) is 9.52. The van der Waals surface area contributed by atoms with Crippen LogP contribution in [-0.2, 0) is 14.3 Å². The monoisotopic (exact) mass is 422 g/mol. The van der Waals surface area contributed by atoms with Gasteiger partial charge in [-0.1, -0.05) is 76.2 Å². The number of carbonyl (C=O) groups excluding carboxylic acids is 1. The van der Waals surface area contributed by atoms with Crippen LogP contribution in [0.2, 0.25) is 0 Å². The van der Waals surface area contributed by atoms with Crippen LogP contribution in [0.5, 0.6) is 0 Å². The Morgan fingerprint density at radius 1 is 0.933 bits per heavy atom. The molecule has 2 saturated carbocycles. The molecule has 0 aromatic heterocycles. The highest BCUT2D eigenvalue weighted by Crippen LogP contribution is 2.56. The summed E-state index contributed by atoms with van der Waals surface area (Å²) in [7, 11) is 0. The molecule has 2 fully saturated rings. The number of esters is 1. The Balaban J connectivity index is 2.30. The predicted molar refractivity (Wildman–Crippen MR) is 125 cm³/mol. The van der Waals surface area contributed by atoms with E-state index in [1.807, 2.05) is 6.92 Å². The van der Waals surface area contributed by atoms with Crippen molar-refractivity contribution in [2.24, 2.45) is 46.3 Å². The number of hydrogen-bond acceptors (Lipinski definition) is 3. The van der Waals surface area contributed by atoms with Crippen LogP contribution in [0.25, 0.3) is 0 Å². The summed E-state index contributed by atoms with van der Waals surface area (Å²) in [6, 6.07) is 0. The molecule has 2 rings (SSSR count). The van der Waals surface area contributed by atoms with Crippen molar-refractivity contribution < 1.29 is 14.3 Å². The Labute approximate surface area is 187 Å². The minimum Gasteiger partial charge on any atom is -0.461 e. The fourth-order valence-corrected chi connectivity index (χ4v) is 7.04. The van der Waals surface area contributed by atoms with E-state index in [9.17, 15) is 4.79 Å². The van der Waals surface area contributed by atoms with Crippen molar-refractivity contribution in [2.75, 3.05) is 0 Å². The molecular formula is C27H50O3. The molecule has 30 heavy (non-hydrogen) atoms. The highest BCUT2D eigenvalue weighted by Gasteiger charge is 2.57. The minimum absolute atomic E-state index is 0.0577. The van der Waals surface area contributed by atoms with Crippen LogP contribution in [0.3, 0.4) is 0 Å². The van der Waals surface area contributed by atoms with E-state index in [2.05, 4.69) is 76.2 Å². The number of rotatable bonds is 5. The number of carbonyl (C=O) groups is 1. The van der Waals surface area contributed by atoms with Gasteiger partial charge in [-0.15, -0.1) is 0 Å². The fourth-order valence-electron chi connectivity index (χ4n) is 7.04. The van der Waals surface area contributed by atoms with Gasteiger partial charge in [-0.3, -0.25) is 4.79 Å². The lowest BCUT2D eigenvalue weighted by atomic mass is 9.55. The number of ether oxygens (including phenoxy) is 2. The molecule has 0 saturated heterocycles. The molecule has 2 aliphatic carbocycles. The maximum atomic E-state index is 12.1. The molecule has 0 amide bonds. The lowest BCUT2D eigenvalue weighted by Gasteiger charge is -2.59. The smallest absolute Gasteiger partial charge is 0.305 e. The zero-order valence-corrected chi connectivity index (χ0v) is 22.0. The molecule has 176 valence electrons. The first kappa shape index (κ1) is 25.7. The van der Waals surface area contributed by atoms with Gasteiger partial charge >= 0.3 is 5.97 Å². The molecule has 0 radical (unpaired) electrons. The summed E-state index contributed by atoms with van der Waals surface area (Å²) in [4.78, 5) is 12.1. The lowest BCUT2D eigenvalue weighted by Crippen LogP contribution is -2.61. The van der Waals surface area contributed by atoms with Crippen molar-refractivity contribution in [2.45, 2.75) is 120 Å². The first-order valence-electron chi connectivity index (χ1n) is 12.5. The summed E-state index contributed by atoms with van der Waals surface area (Å²) in [6.07, 6.45) is 2.79. The molecule has 2 aliphatic rings. The summed E-state index contributed by atoms with van der Waals surface area (Å²) in [5.41, 5.74) is -0.224. The third kappa shape index (κ3) is 4.48. The van der Waals surface area contributed by atoms with Gasteiger partial charge in [0, 0.05) is 11.8 Å². The van der Waals surface area contributed by atoms with Crippen LogP contribution in [0, 0.1) is 46.3 Å². The van der Waals surface area contributed by atoms with E-state index in [-0.39, 0.29) is 46.4 Å². The van der Waals surface area contributed by atoms with Crippen LogP contribution in [0.4, 0.5) is 0 Å².